The standard InChI is InChI=1S/C34H42F2N4O4.CH4O/c1-6-27(33(43)37-18-25-10-8-12-29(36)23(4)15-25)16-30(40-24(5)28(17-35)19-38-40)34(44)39-32-22(3)9-7-11-26(20-41)13-21(2)14-31(32)42;1-2/h6-9,12-13,15-16,19-22,31-32,42H,10-11,14,17-18H2,1-5H3,(H,37,43)(H,39,44);2H,1H3/b9-7-,26-13+,27-6-,30-16-;. The van der Waals surface area contributed by atoms with Gasteiger partial charge in [-0.1, -0.05) is 50.3 Å². The minimum atomic E-state index is -0.953. The number of nitrogens with one attached hydrogen (secondary N) is 2. The van der Waals surface area contributed by atoms with Gasteiger partial charge in [-0.3, -0.25) is 14.4 Å². The number of alkyl halides is 1. The Balaban J connectivity index is 0.00000361. The number of carbonyl (C=O) groups is 3. The van der Waals surface area contributed by atoms with E-state index in [0.29, 0.717) is 41.7 Å². The molecule has 1 heterocycles. The average Bonchev–Trinajstić information content (AvgIpc) is 3.32. The number of allylic oxidation sites excluding steroid dienone is 9. The Morgan fingerprint density at radius 1 is 1.15 bits per heavy atom. The molecule has 2 aliphatic rings. The quantitative estimate of drug-likeness (QED) is 0.131. The first-order chi connectivity index (χ1) is 22.0. The summed E-state index contributed by atoms with van der Waals surface area (Å²) in [5.41, 5.74) is 2.72. The van der Waals surface area contributed by atoms with Gasteiger partial charge in [0.05, 0.1) is 18.3 Å². The Kier molecular flexibility index (Phi) is 15.4. The average molecular weight is 641 g/mol. The van der Waals surface area contributed by atoms with Gasteiger partial charge in [-0.15, -0.1) is 0 Å². The van der Waals surface area contributed by atoms with Crippen LogP contribution in [-0.4, -0.2) is 63.9 Å². The molecule has 9 nitrogen and oxygen atoms in total. The van der Waals surface area contributed by atoms with Gasteiger partial charge in [-0.25, -0.2) is 13.5 Å². The van der Waals surface area contributed by atoms with Crippen molar-refractivity contribution >= 4 is 23.8 Å². The Morgan fingerprint density at radius 3 is 2.50 bits per heavy atom. The number of hydrogen-bond acceptors (Lipinski definition) is 6. The minimum Gasteiger partial charge on any atom is -0.400 e. The summed E-state index contributed by atoms with van der Waals surface area (Å²) in [6.45, 7) is 8.07. The van der Waals surface area contributed by atoms with E-state index in [1.807, 2.05) is 32.1 Å². The Bertz CT molecular complexity index is 1460. The number of nitrogens with zero attached hydrogens (tertiary/aromatic N) is 2. The van der Waals surface area contributed by atoms with Crippen LogP contribution < -0.4 is 10.6 Å². The summed E-state index contributed by atoms with van der Waals surface area (Å²) in [5, 5.41) is 28.2. The van der Waals surface area contributed by atoms with Crippen molar-refractivity contribution < 1.29 is 33.4 Å². The molecule has 4 atom stereocenters. The van der Waals surface area contributed by atoms with Crippen molar-refractivity contribution in [3.05, 3.63) is 94.2 Å². The molecule has 0 fully saturated rings. The third-order valence-electron chi connectivity index (χ3n) is 7.83. The number of amides is 2. The normalized spacial score (nSPS) is 24.4. The van der Waals surface area contributed by atoms with E-state index >= 15 is 0 Å². The van der Waals surface area contributed by atoms with Crippen molar-refractivity contribution in [1.82, 2.24) is 20.4 Å². The van der Waals surface area contributed by atoms with Crippen molar-refractivity contribution in [2.75, 3.05) is 13.7 Å². The molecule has 0 saturated carbocycles. The van der Waals surface area contributed by atoms with E-state index in [2.05, 4.69) is 15.7 Å². The molecule has 3 rings (SSSR count). The van der Waals surface area contributed by atoms with Crippen molar-refractivity contribution in [2.45, 2.75) is 72.7 Å². The van der Waals surface area contributed by atoms with Crippen molar-refractivity contribution in [3.8, 4) is 0 Å². The van der Waals surface area contributed by atoms with Crippen LogP contribution in [0.5, 0.6) is 0 Å². The van der Waals surface area contributed by atoms with Crippen LogP contribution in [0.15, 0.2) is 82.9 Å². The van der Waals surface area contributed by atoms with Crippen LogP contribution in [0.25, 0.3) is 5.70 Å². The highest BCUT2D eigenvalue weighted by Crippen LogP contribution is 2.23. The topological polar surface area (TPSA) is 134 Å². The van der Waals surface area contributed by atoms with E-state index in [4.69, 9.17) is 5.11 Å². The molecule has 11 heteroatoms. The van der Waals surface area contributed by atoms with Crippen LogP contribution in [0.1, 0.15) is 58.2 Å². The van der Waals surface area contributed by atoms with Crippen molar-refractivity contribution in [2.24, 2.45) is 11.8 Å². The molecule has 1 aromatic heterocycles. The lowest BCUT2D eigenvalue weighted by atomic mass is 9.88. The summed E-state index contributed by atoms with van der Waals surface area (Å²) in [5.74, 6) is -1.83. The monoisotopic (exact) mass is 640 g/mol. The van der Waals surface area contributed by atoms with Crippen LogP contribution in [0.3, 0.4) is 0 Å². The summed E-state index contributed by atoms with van der Waals surface area (Å²) >= 11 is 0. The predicted octanol–water partition coefficient (Wildman–Crippen LogP) is 4.90. The molecule has 2 aliphatic carbocycles. The molecular weight excluding hydrogens is 594 g/mol. The number of hydrogen-bond donors (Lipinski definition) is 4. The molecule has 0 saturated heterocycles. The number of aliphatic hydroxyl groups excluding tert-OH is 2. The van der Waals surface area contributed by atoms with Crippen LogP contribution in [0.2, 0.25) is 0 Å². The van der Waals surface area contributed by atoms with Gasteiger partial charge in [0.15, 0.2) is 0 Å². The molecule has 1 aromatic rings. The van der Waals surface area contributed by atoms with Crippen LogP contribution >= 0.6 is 0 Å². The Hall–Kier alpha value is -4.22. The van der Waals surface area contributed by atoms with Crippen LogP contribution in [0, 0.1) is 18.8 Å². The number of rotatable bonds is 9. The highest BCUT2D eigenvalue weighted by Gasteiger charge is 2.30. The predicted molar refractivity (Wildman–Crippen MR) is 175 cm³/mol. The third-order valence-corrected chi connectivity index (χ3v) is 7.83. The molecule has 4 unspecified atom stereocenters. The Morgan fingerprint density at radius 2 is 1.87 bits per heavy atom. The molecule has 250 valence electrons. The van der Waals surface area contributed by atoms with Crippen molar-refractivity contribution in [3.63, 3.8) is 0 Å². The van der Waals surface area contributed by atoms with Crippen molar-refractivity contribution in [1.29, 1.82) is 0 Å². The maximum Gasteiger partial charge on any atom is 0.270 e. The summed E-state index contributed by atoms with van der Waals surface area (Å²) < 4.78 is 28.8. The summed E-state index contributed by atoms with van der Waals surface area (Å²) in [7, 11) is 1.00. The summed E-state index contributed by atoms with van der Waals surface area (Å²) in [6.07, 6.45) is 15.6. The number of halogens is 2. The smallest absolute Gasteiger partial charge is 0.270 e. The van der Waals surface area contributed by atoms with Gasteiger partial charge in [-0.2, -0.15) is 5.10 Å². The highest BCUT2D eigenvalue weighted by molar-refractivity contribution is 6.16. The fraction of sp³-hybridized carbons (Fsp3) is 0.429. The van der Waals surface area contributed by atoms with Crippen LogP contribution in [-0.2, 0) is 21.1 Å². The van der Waals surface area contributed by atoms with Gasteiger partial charge in [0.1, 0.15) is 24.5 Å². The second kappa shape index (κ2) is 18.7. The first-order valence-electron chi connectivity index (χ1n) is 15.2. The zero-order valence-corrected chi connectivity index (χ0v) is 27.4. The highest BCUT2D eigenvalue weighted by atomic mass is 19.1. The molecule has 4 N–H and O–H groups in total. The van der Waals surface area contributed by atoms with E-state index in [1.54, 1.807) is 39.0 Å². The lowest BCUT2D eigenvalue weighted by Gasteiger charge is -2.30. The molecule has 0 bridgehead atoms. The summed E-state index contributed by atoms with van der Waals surface area (Å²) in [4.78, 5) is 38.6. The lowest BCUT2D eigenvalue weighted by molar-refractivity contribution is -0.118. The van der Waals surface area contributed by atoms with E-state index in [1.165, 1.54) is 23.0 Å². The van der Waals surface area contributed by atoms with Crippen LogP contribution in [0.4, 0.5) is 8.78 Å². The fourth-order valence-corrected chi connectivity index (χ4v) is 5.22. The molecule has 0 aromatic carbocycles. The number of aliphatic hydroxyl groups is 2. The zero-order chi connectivity index (χ0) is 34.4. The first-order valence-corrected chi connectivity index (χ1v) is 15.2. The second-order valence-corrected chi connectivity index (χ2v) is 11.3. The molecule has 46 heavy (non-hydrogen) atoms. The van der Waals surface area contributed by atoms with Gasteiger partial charge in [0, 0.05) is 30.5 Å². The SMILES string of the molecule is C/C=C(/C=C(/C(=O)NC1C(C)/C=C\C/C(C=O)=C\C(C)CC1O)n1ncc(CF)c1C)C(=O)NCC1=CC(C)=C(F)C=CC1.CO. The first kappa shape index (κ1) is 38.0. The number of aromatic nitrogens is 2. The minimum absolute atomic E-state index is 0.0282. The maximum absolute atomic E-state index is 13.9. The van der Waals surface area contributed by atoms with Gasteiger partial charge in [0.2, 0.25) is 0 Å². The maximum atomic E-state index is 13.9. The Labute approximate surface area is 269 Å². The van der Waals surface area contributed by atoms with Gasteiger partial charge in [-0.05, 0) is 80.7 Å². The van der Waals surface area contributed by atoms with E-state index in [0.717, 1.165) is 19.0 Å². The van der Waals surface area contributed by atoms with Gasteiger partial charge < -0.3 is 20.8 Å². The lowest BCUT2D eigenvalue weighted by Crippen LogP contribution is -2.48. The zero-order valence-electron chi connectivity index (χ0n) is 27.4. The molecule has 0 spiro atoms. The molecular formula is C35H46F2N4O5. The van der Waals surface area contributed by atoms with E-state index < -0.39 is 30.6 Å². The molecule has 0 aliphatic heterocycles. The molecule has 2 amide bonds. The summed E-state index contributed by atoms with van der Waals surface area (Å²) in [6, 6.07) is -0.706. The van der Waals surface area contributed by atoms with Gasteiger partial charge in [0.25, 0.3) is 11.8 Å². The fourth-order valence-electron chi connectivity index (χ4n) is 5.22. The van der Waals surface area contributed by atoms with Gasteiger partial charge >= 0.3 is 0 Å². The van der Waals surface area contributed by atoms with E-state index in [-0.39, 0.29) is 35.5 Å². The molecule has 0 radical (unpaired) electrons. The number of aldehydes is 1. The second-order valence-electron chi connectivity index (χ2n) is 11.3. The largest absolute Gasteiger partial charge is 0.400 e. The third kappa shape index (κ3) is 10.4. The number of carbonyl (C=O) groups excluding carboxylic acids is 3. The van der Waals surface area contributed by atoms with E-state index in [9.17, 15) is 28.3 Å².